The number of nitrogens with zero attached hydrogens (tertiary/aromatic N) is 1. The van der Waals surface area contributed by atoms with E-state index >= 15 is 0 Å². The molecule has 1 atom stereocenters. The summed E-state index contributed by atoms with van der Waals surface area (Å²) in [4.78, 5) is 16.2. The van der Waals surface area contributed by atoms with Gasteiger partial charge in [-0.2, -0.15) is 0 Å². The Kier molecular flexibility index (Phi) is 3.80. The number of nitrogens with one attached hydrogen (secondary N) is 1. The van der Waals surface area contributed by atoms with E-state index in [4.69, 9.17) is 0 Å². The van der Waals surface area contributed by atoms with Crippen molar-refractivity contribution in [3.05, 3.63) is 58.7 Å². The van der Waals surface area contributed by atoms with Gasteiger partial charge in [-0.05, 0) is 54.2 Å². The lowest BCUT2D eigenvalue weighted by Crippen LogP contribution is -2.28. The summed E-state index contributed by atoms with van der Waals surface area (Å²) in [6, 6.07) is 12.5. The van der Waals surface area contributed by atoms with Gasteiger partial charge in [0.25, 0.3) is 0 Å². The first kappa shape index (κ1) is 14.5. The van der Waals surface area contributed by atoms with Crippen molar-refractivity contribution in [3.63, 3.8) is 0 Å². The van der Waals surface area contributed by atoms with Crippen LogP contribution in [0, 0.1) is 20.8 Å². The Labute approximate surface area is 131 Å². The maximum atomic E-state index is 11.7. The van der Waals surface area contributed by atoms with Gasteiger partial charge in [0.05, 0.1) is 18.8 Å². The molecule has 1 N–H and O–H groups in total. The molecule has 22 heavy (non-hydrogen) atoms. The Morgan fingerprint density at radius 3 is 2.50 bits per heavy atom. The van der Waals surface area contributed by atoms with Gasteiger partial charge in [0, 0.05) is 0 Å². The molecule has 1 aliphatic rings. The van der Waals surface area contributed by atoms with Gasteiger partial charge >= 0.3 is 0 Å². The van der Waals surface area contributed by atoms with Crippen LogP contribution in [0.5, 0.6) is 0 Å². The van der Waals surface area contributed by atoms with Gasteiger partial charge < -0.3 is 5.32 Å². The van der Waals surface area contributed by atoms with Crippen LogP contribution in [-0.4, -0.2) is 12.2 Å². The van der Waals surface area contributed by atoms with Crippen LogP contribution in [0.2, 0.25) is 0 Å². The first-order chi connectivity index (χ1) is 10.6. The summed E-state index contributed by atoms with van der Waals surface area (Å²) in [6.45, 7) is 6.37. The second-order valence-electron chi connectivity index (χ2n) is 5.84. The molecule has 1 amide bonds. The fourth-order valence-corrected chi connectivity index (χ4v) is 3.15. The minimum absolute atomic E-state index is 0.0292. The molecule has 3 heteroatoms. The lowest BCUT2D eigenvalue weighted by molar-refractivity contribution is -0.120. The number of hydrogen-bond donors (Lipinski definition) is 1. The number of hydrogen-bond acceptors (Lipinski definition) is 2. The molecule has 3 rings (SSSR count). The van der Waals surface area contributed by atoms with Crippen molar-refractivity contribution in [1.82, 2.24) is 5.32 Å². The van der Waals surface area contributed by atoms with Crippen molar-refractivity contribution < 1.29 is 4.79 Å². The third-order valence-corrected chi connectivity index (χ3v) is 4.44. The number of aliphatic imine (C=N–C) groups is 1. The highest BCUT2D eigenvalue weighted by atomic mass is 16.1. The predicted octanol–water partition coefficient (Wildman–Crippen LogP) is 3.87. The second kappa shape index (κ2) is 5.76. The summed E-state index contributed by atoms with van der Waals surface area (Å²) in [7, 11) is 0. The molecule has 2 aromatic rings. The van der Waals surface area contributed by atoms with Gasteiger partial charge in [0.15, 0.2) is 0 Å². The van der Waals surface area contributed by atoms with Crippen LogP contribution in [-0.2, 0) is 4.79 Å². The normalized spacial score (nSPS) is 17.4. The molecule has 3 nitrogen and oxygen atoms in total. The summed E-state index contributed by atoms with van der Waals surface area (Å²) in [5.41, 5.74) is 7.29. The Hall–Kier alpha value is -2.42. The fourth-order valence-electron chi connectivity index (χ4n) is 3.15. The fraction of sp³-hybridized carbons (Fsp3) is 0.263. The van der Waals surface area contributed by atoms with Crippen LogP contribution < -0.4 is 5.32 Å². The molecule has 0 fully saturated rings. The topological polar surface area (TPSA) is 41.5 Å². The Morgan fingerprint density at radius 1 is 1.09 bits per heavy atom. The molecule has 1 heterocycles. The Balaban J connectivity index is 2.18. The zero-order valence-corrected chi connectivity index (χ0v) is 13.2. The third-order valence-electron chi connectivity index (χ3n) is 4.44. The van der Waals surface area contributed by atoms with E-state index in [2.05, 4.69) is 61.4 Å². The van der Waals surface area contributed by atoms with Crippen LogP contribution in [0.25, 0.3) is 11.1 Å². The molecule has 0 aliphatic carbocycles. The van der Waals surface area contributed by atoms with E-state index in [-0.39, 0.29) is 11.9 Å². The van der Waals surface area contributed by atoms with Crippen molar-refractivity contribution in [2.24, 2.45) is 4.99 Å². The second-order valence-corrected chi connectivity index (χ2v) is 5.84. The van der Waals surface area contributed by atoms with E-state index in [0.29, 0.717) is 6.42 Å². The van der Waals surface area contributed by atoms with Gasteiger partial charge in [-0.15, -0.1) is 0 Å². The number of benzene rings is 2. The minimum atomic E-state index is -0.0869. The highest BCUT2D eigenvalue weighted by molar-refractivity contribution is 5.90. The Morgan fingerprint density at radius 2 is 1.82 bits per heavy atom. The molecule has 0 saturated carbocycles. The SMILES string of the molecule is Cc1cc(-c2ccccc2)c(C)c(C2CC(=O)NC=N2)c1C. The molecule has 0 aromatic heterocycles. The monoisotopic (exact) mass is 292 g/mol. The molecular formula is C19H20N2O. The summed E-state index contributed by atoms with van der Waals surface area (Å²) in [6.07, 6.45) is 1.94. The van der Waals surface area contributed by atoms with Crippen LogP contribution in [0.15, 0.2) is 41.4 Å². The van der Waals surface area contributed by atoms with Gasteiger partial charge in [-0.3, -0.25) is 9.79 Å². The quantitative estimate of drug-likeness (QED) is 0.897. The van der Waals surface area contributed by atoms with Gasteiger partial charge in [-0.25, -0.2) is 0 Å². The molecule has 112 valence electrons. The molecule has 2 aromatic carbocycles. The molecule has 0 saturated heterocycles. The van der Waals surface area contributed by atoms with Gasteiger partial charge in [0.1, 0.15) is 0 Å². The molecule has 0 spiro atoms. The molecule has 0 bridgehead atoms. The van der Waals surface area contributed by atoms with Crippen LogP contribution in [0.3, 0.4) is 0 Å². The van der Waals surface area contributed by atoms with E-state index in [1.165, 1.54) is 39.7 Å². The summed E-state index contributed by atoms with van der Waals surface area (Å²) in [5, 5.41) is 2.65. The van der Waals surface area contributed by atoms with Gasteiger partial charge in [0.2, 0.25) is 5.91 Å². The smallest absolute Gasteiger partial charge is 0.227 e. The molecule has 1 aliphatic heterocycles. The summed E-state index contributed by atoms with van der Waals surface area (Å²) >= 11 is 0. The number of rotatable bonds is 2. The zero-order valence-electron chi connectivity index (χ0n) is 13.2. The van der Waals surface area contributed by atoms with E-state index < -0.39 is 0 Å². The maximum Gasteiger partial charge on any atom is 0.227 e. The van der Waals surface area contributed by atoms with E-state index in [9.17, 15) is 4.79 Å². The van der Waals surface area contributed by atoms with Crippen molar-refractivity contribution >= 4 is 12.2 Å². The largest absolute Gasteiger partial charge is 0.317 e. The Bertz CT molecular complexity index is 748. The van der Waals surface area contributed by atoms with Crippen molar-refractivity contribution in [1.29, 1.82) is 0 Å². The van der Waals surface area contributed by atoms with Crippen LogP contribution in [0.4, 0.5) is 0 Å². The number of amides is 1. The van der Waals surface area contributed by atoms with Crippen molar-refractivity contribution in [2.75, 3.05) is 0 Å². The first-order valence-electron chi connectivity index (χ1n) is 7.55. The molecule has 0 radical (unpaired) electrons. The van der Waals surface area contributed by atoms with Gasteiger partial charge in [-0.1, -0.05) is 36.4 Å². The zero-order chi connectivity index (χ0) is 15.7. The lowest BCUT2D eigenvalue weighted by atomic mass is 9.86. The maximum absolute atomic E-state index is 11.7. The van der Waals surface area contributed by atoms with E-state index in [1.807, 2.05) is 6.07 Å². The van der Waals surface area contributed by atoms with Crippen LogP contribution in [0.1, 0.15) is 34.7 Å². The van der Waals surface area contributed by atoms with Crippen molar-refractivity contribution in [3.8, 4) is 11.1 Å². The highest BCUT2D eigenvalue weighted by Gasteiger charge is 2.23. The molecular weight excluding hydrogens is 272 g/mol. The highest BCUT2D eigenvalue weighted by Crippen LogP contribution is 2.36. The summed E-state index contributed by atoms with van der Waals surface area (Å²) in [5.74, 6) is 0.0292. The van der Waals surface area contributed by atoms with Crippen LogP contribution >= 0.6 is 0 Å². The average Bonchev–Trinajstić information content (AvgIpc) is 2.52. The third kappa shape index (κ3) is 2.54. The first-order valence-corrected chi connectivity index (χ1v) is 7.55. The average molecular weight is 292 g/mol. The van der Waals surface area contributed by atoms with Crippen molar-refractivity contribution in [2.45, 2.75) is 33.2 Å². The number of carbonyl (C=O) groups excluding carboxylic acids is 1. The minimum Gasteiger partial charge on any atom is -0.317 e. The predicted molar refractivity (Wildman–Crippen MR) is 90.1 cm³/mol. The number of aryl methyl sites for hydroxylation is 1. The number of carbonyl (C=O) groups is 1. The summed E-state index contributed by atoms with van der Waals surface area (Å²) < 4.78 is 0. The molecule has 1 unspecified atom stereocenters. The standard InChI is InChI=1S/C19H20N2O/c1-12-9-16(15-7-5-4-6-8-15)14(3)19(13(12)2)17-10-18(22)21-11-20-17/h4-9,11,17H,10H2,1-3H3,(H,20,21,22). The van der Waals surface area contributed by atoms with E-state index in [0.717, 1.165) is 0 Å². The lowest BCUT2D eigenvalue weighted by Gasteiger charge is -2.24. The van der Waals surface area contributed by atoms with E-state index in [1.54, 1.807) is 0 Å².